The van der Waals surface area contributed by atoms with Crippen molar-refractivity contribution in [3.05, 3.63) is 81.9 Å². The Morgan fingerprint density at radius 3 is 2.25 bits per heavy atom. The fourth-order valence-corrected chi connectivity index (χ4v) is 4.99. The zero-order chi connectivity index (χ0) is 26.2. The summed E-state index contributed by atoms with van der Waals surface area (Å²) in [4.78, 5) is 35.4. The van der Waals surface area contributed by atoms with Gasteiger partial charge in [0, 0.05) is 29.1 Å². The maximum Gasteiger partial charge on any atom is 0.328 e. The van der Waals surface area contributed by atoms with Gasteiger partial charge in [0.1, 0.15) is 11.3 Å². The highest BCUT2D eigenvalue weighted by Gasteiger charge is 2.56. The van der Waals surface area contributed by atoms with Gasteiger partial charge in [0.2, 0.25) is 0 Å². The summed E-state index contributed by atoms with van der Waals surface area (Å²) in [6.45, 7) is 3.64. The first-order chi connectivity index (χ1) is 17.2. The van der Waals surface area contributed by atoms with Crippen LogP contribution in [0.15, 0.2) is 54.9 Å². The third-order valence-electron chi connectivity index (χ3n) is 6.46. The summed E-state index contributed by atoms with van der Waals surface area (Å²) in [5, 5.41) is 0.328. The van der Waals surface area contributed by atoms with Crippen molar-refractivity contribution in [2.75, 3.05) is 20.0 Å². The first kappa shape index (κ1) is 25.5. The van der Waals surface area contributed by atoms with Crippen molar-refractivity contribution in [2.45, 2.75) is 25.2 Å². The minimum absolute atomic E-state index is 0.109. The highest BCUT2D eigenvalue weighted by Crippen LogP contribution is 2.46. The SMILES string of the molecule is COC(=O)C(C(=O)OC)(c1cc(Cl)c(Cl)cc1N)C(C)c1ccc(-n2c(C)nc3cnccc32)cc1. The second-order valence-corrected chi connectivity index (χ2v) is 9.13. The molecule has 0 aliphatic carbocycles. The lowest BCUT2D eigenvalue weighted by Crippen LogP contribution is -2.50. The van der Waals surface area contributed by atoms with Gasteiger partial charge in [-0.2, -0.15) is 0 Å². The molecule has 0 aliphatic rings. The van der Waals surface area contributed by atoms with Crippen molar-refractivity contribution in [3.8, 4) is 5.69 Å². The number of hydrogen-bond acceptors (Lipinski definition) is 7. The van der Waals surface area contributed by atoms with Crippen LogP contribution >= 0.6 is 23.2 Å². The highest BCUT2D eigenvalue weighted by molar-refractivity contribution is 6.42. The maximum atomic E-state index is 13.4. The number of esters is 2. The van der Waals surface area contributed by atoms with E-state index in [0.717, 1.165) is 22.5 Å². The topological polar surface area (TPSA) is 109 Å². The highest BCUT2D eigenvalue weighted by atomic mass is 35.5. The van der Waals surface area contributed by atoms with Crippen LogP contribution in [0.5, 0.6) is 0 Å². The van der Waals surface area contributed by atoms with Crippen molar-refractivity contribution >= 4 is 51.9 Å². The number of methoxy groups -OCH3 is 2. The Labute approximate surface area is 218 Å². The minimum atomic E-state index is -1.94. The molecule has 2 aromatic carbocycles. The molecule has 36 heavy (non-hydrogen) atoms. The van der Waals surface area contributed by atoms with Crippen LogP contribution < -0.4 is 5.73 Å². The number of imidazole rings is 1. The Hall–Kier alpha value is -3.62. The number of nitrogens with zero attached hydrogens (tertiary/aromatic N) is 3. The van der Waals surface area contributed by atoms with Crippen LogP contribution in [0.1, 0.15) is 29.8 Å². The fraction of sp³-hybridized carbons (Fsp3) is 0.231. The number of ether oxygens (including phenoxy) is 2. The number of pyridine rings is 1. The van der Waals surface area contributed by atoms with E-state index in [1.165, 1.54) is 26.4 Å². The molecule has 4 aromatic rings. The molecule has 0 amide bonds. The predicted octanol–water partition coefficient (Wildman–Crippen LogP) is 5.01. The van der Waals surface area contributed by atoms with Crippen molar-refractivity contribution in [1.29, 1.82) is 0 Å². The lowest BCUT2D eigenvalue weighted by molar-refractivity contribution is -0.163. The van der Waals surface area contributed by atoms with E-state index in [2.05, 4.69) is 9.97 Å². The second-order valence-electron chi connectivity index (χ2n) is 8.32. The molecule has 2 aromatic heterocycles. The Morgan fingerprint density at radius 1 is 1.03 bits per heavy atom. The molecule has 10 heteroatoms. The molecule has 0 radical (unpaired) electrons. The summed E-state index contributed by atoms with van der Waals surface area (Å²) in [6, 6.07) is 12.1. The molecule has 1 atom stereocenters. The number of aromatic nitrogens is 3. The smallest absolute Gasteiger partial charge is 0.328 e. The molecule has 0 saturated heterocycles. The summed E-state index contributed by atoms with van der Waals surface area (Å²) in [6.07, 6.45) is 3.41. The van der Waals surface area contributed by atoms with E-state index in [-0.39, 0.29) is 21.3 Å². The van der Waals surface area contributed by atoms with Gasteiger partial charge in [-0.1, -0.05) is 42.3 Å². The quantitative estimate of drug-likeness (QED) is 0.213. The largest absolute Gasteiger partial charge is 0.468 e. The molecule has 0 bridgehead atoms. The van der Waals surface area contributed by atoms with Gasteiger partial charge in [-0.25, -0.2) is 4.98 Å². The molecule has 1 unspecified atom stereocenters. The van der Waals surface area contributed by atoms with Gasteiger partial charge in [0.25, 0.3) is 0 Å². The van der Waals surface area contributed by atoms with E-state index in [0.29, 0.717) is 5.56 Å². The Morgan fingerprint density at radius 2 is 1.64 bits per heavy atom. The Kier molecular flexibility index (Phi) is 6.93. The van der Waals surface area contributed by atoms with E-state index in [1.807, 2.05) is 41.8 Å². The number of rotatable bonds is 6. The molecule has 0 spiro atoms. The Bertz CT molecular complexity index is 1450. The van der Waals surface area contributed by atoms with Crippen LogP contribution in [-0.2, 0) is 24.5 Å². The number of aryl methyl sites for hydroxylation is 1. The van der Waals surface area contributed by atoms with Crippen LogP contribution in [0.25, 0.3) is 16.7 Å². The number of hydrogen-bond donors (Lipinski definition) is 1. The van der Waals surface area contributed by atoms with Crippen molar-refractivity contribution in [1.82, 2.24) is 14.5 Å². The molecule has 2 heterocycles. The van der Waals surface area contributed by atoms with Crippen molar-refractivity contribution < 1.29 is 19.1 Å². The molecule has 8 nitrogen and oxygen atoms in total. The van der Waals surface area contributed by atoms with Gasteiger partial charge >= 0.3 is 11.9 Å². The van der Waals surface area contributed by atoms with Gasteiger partial charge in [-0.05, 0) is 42.8 Å². The summed E-state index contributed by atoms with van der Waals surface area (Å²) in [5.41, 5.74) is 7.79. The maximum absolute atomic E-state index is 13.4. The number of carbonyl (C=O) groups excluding carboxylic acids is 2. The lowest BCUT2D eigenvalue weighted by atomic mass is 9.67. The van der Waals surface area contributed by atoms with Gasteiger partial charge in [0.05, 0.1) is 36.0 Å². The molecule has 0 aliphatic heterocycles. The number of carbonyl (C=O) groups is 2. The zero-order valence-electron chi connectivity index (χ0n) is 20.1. The number of benzene rings is 2. The van der Waals surface area contributed by atoms with Crippen LogP contribution in [0.4, 0.5) is 5.69 Å². The summed E-state index contributed by atoms with van der Waals surface area (Å²) in [7, 11) is 2.40. The third kappa shape index (κ3) is 3.96. The van der Waals surface area contributed by atoms with Gasteiger partial charge in [-0.15, -0.1) is 0 Å². The monoisotopic (exact) mass is 526 g/mol. The number of nitrogen functional groups attached to an aromatic ring is 1. The van der Waals surface area contributed by atoms with Crippen LogP contribution in [-0.4, -0.2) is 40.7 Å². The van der Waals surface area contributed by atoms with E-state index in [4.69, 9.17) is 38.4 Å². The third-order valence-corrected chi connectivity index (χ3v) is 7.18. The molecule has 0 saturated carbocycles. The van der Waals surface area contributed by atoms with E-state index in [9.17, 15) is 9.59 Å². The summed E-state index contributed by atoms with van der Waals surface area (Å²) < 4.78 is 12.2. The fourth-order valence-electron chi connectivity index (χ4n) is 4.66. The first-order valence-corrected chi connectivity index (χ1v) is 11.7. The van der Waals surface area contributed by atoms with Gasteiger partial charge in [0.15, 0.2) is 5.41 Å². The molecule has 4 rings (SSSR count). The predicted molar refractivity (Wildman–Crippen MR) is 139 cm³/mol. The summed E-state index contributed by atoms with van der Waals surface area (Å²) >= 11 is 12.4. The molecule has 186 valence electrons. The number of nitrogens with two attached hydrogens (primary N) is 1. The molecule has 0 fully saturated rings. The minimum Gasteiger partial charge on any atom is -0.468 e. The van der Waals surface area contributed by atoms with Crippen molar-refractivity contribution in [3.63, 3.8) is 0 Å². The number of anilines is 1. The lowest BCUT2D eigenvalue weighted by Gasteiger charge is -2.35. The van der Waals surface area contributed by atoms with Crippen LogP contribution in [0.2, 0.25) is 10.0 Å². The number of fused-ring (bicyclic) bond motifs is 1. The zero-order valence-corrected chi connectivity index (χ0v) is 21.6. The van der Waals surface area contributed by atoms with Gasteiger partial charge in [-0.3, -0.25) is 19.1 Å². The Balaban J connectivity index is 1.88. The molecule has 2 N–H and O–H groups in total. The second kappa shape index (κ2) is 9.79. The first-order valence-electron chi connectivity index (χ1n) is 11.0. The van der Waals surface area contributed by atoms with Crippen LogP contribution in [0, 0.1) is 6.92 Å². The van der Waals surface area contributed by atoms with E-state index < -0.39 is 23.3 Å². The average Bonchev–Trinajstić information content (AvgIpc) is 3.22. The molecular formula is C26H24Cl2N4O4. The number of halogens is 2. The van der Waals surface area contributed by atoms with Gasteiger partial charge < -0.3 is 15.2 Å². The molecular weight excluding hydrogens is 503 g/mol. The van der Waals surface area contributed by atoms with Crippen molar-refractivity contribution in [2.24, 2.45) is 0 Å². The summed E-state index contributed by atoms with van der Waals surface area (Å²) in [5.74, 6) is -1.63. The van der Waals surface area contributed by atoms with Crippen LogP contribution in [0.3, 0.4) is 0 Å². The average molecular weight is 527 g/mol. The van der Waals surface area contributed by atoms with E-state index >= 15 is 0 Å². The normalized spacial score (nSPS) is 12.4. The standard InChI is InChI=1S/C26H24Cl2N4O4/c1-14(16-5-7-17(8-6-16)32-15(2)31-22-13-30-10-9-23(22)32)26(24(33)35-3,25(34)36-4)18-11-19(27)20(28)12-21(18)29/h5-14H,29H2,1-4H3. The van der Waals surface area contributed by atoms with E-state index in [1.54, 1.807) is 19.3 Å².